The maximum atomic E-state index is 12.7. The SMILES string of the molecule is CCCCNC(=S)NN1C(=O)N[C@@](C)(c2ccc(OC)cc2)C1=O. The first-order chi connectivity index (χ1) is 11.4. The number of unbranched alkanes of at least 4 members (excludes halogenated alkanes) is 1. The molecule has 1 aromatic rings. The van der Waals surface area contributed by atoms with E-state index in [0.717, 1.165) is 17.9 Å². The molecule has 8 heteroatoms. The Morgan fingerprint density at radius 2 is 2.00 bits per heavy atom. The lowest BCUT2D eigenvalue weighted by Gasteiger charge is -2.23. The highest BCUT2D eigenvalue weighted by Gasteiger charge is 2.49. The number of amides is 3. The maximum Gasteiger partial charge on any atom is 0.344 e. The lowest BCUT2D eigenvalue weighted by atomic mass is 9.92. The van der Waals surface area contributed by atoms with Crippen LogP contribution in [-0.2, 0) is 10.3 Å². The quantitative estimate of drug-likeness (QED) is 0.411. The van der Waals surface area contributed by atoms with Crippen LogP contribution < -0.4 is 20.8 Å². The van der Waals surface area contributed by atoms with Gasteiger partial charge in [0, 0.05) is 6.54 Å². The van der Waals surface area contributed by atoms with Crippen LogP contribution in [0.25, 0.3) is 0 Å². The minimum atomic E-state index is -1.16. The molecule has 3 amide bonds. The Balaban J connectivity index is 2.10. The number of carbonyl (C=O) groups is 2. The fourth-order valence-corrected chi connectivity index (χ4v) is 2.57. The molecule has 0 aliphatic carbocycles. The predicted molar refractivity (Wildman–Crippen MR) is 94.4 cm³/mol. The number of thiocarbonyl (C=S) groups is 1. The summed E-state index contributed by atoms with van der Waals surface area (Å²) in [5.74, 6) is 0.257. The first kappa shape index (κ1) is 18.0. The van der Waals surface area contributed by atoms with Crippen LogP contribution in [0, 0.1) is 0 Å². The van der Waals surface area contributed by atoms with Crippen molar-refractivity contribution in [1.29, 1.82) is 0 Å². The average molecular weight is 350 g/mol. The lowest BCUT2D eigenvalue weighted by Crippen LogP contribution is -2.51. The summed E-state index contributed by atoms with van der Waals surface area (Å²) in [5, 5.41) is 6.82. The van der Waals surface area contributed by atoms with Crippen molar-refractivity contribution in [2.24, 2.45) is 0 Å². The molecule has 0 spiro atoms. The average Bonchev–Trinajstić information content (AvgIpc) is 2.79. The van der Waals surface area contributed by atoms with Crippen LogP contribution in [0.3, 0.4) is 0 Å². The van der Waals surface area contributed by atoms with Gasteiger partial charge >= 0.3 is 6.03 Å². The molecule has 1 saturated heterocycles. The summed E-state index contributed by atoms with van der Waals surface area (Å²) in [7, 11) is 1.57. The van der Waals surface area contributed by atoms with Crippen molar-refractivity contribution in [3.63, 3.8) is 0 Å². The van der Waals surface area contributed by atoms with E-state index in [2.05, 4.69) is 23.0 Å². The molecule has 24 heavy (non-hydrogen) atoms. The molecule has 0 bridgehead atoms. The first-order valence-corrected chi connectivity index (χ1v) is 8.19. The van der Waals surface area contributed by atoms with Crippen molar-refractivity contribution in [1.82, 2.24) is 21.1 Å². The molecule has 7 nitrogen and oxygen atoms in total. The Morgan fingerprint density at radius 1 is 1.33 bits per heavy atom. The summed E-state index contributed by atoms with van der Waals surface area (Å²) in [6.07, 6.45) is 1.97. The van der Waals surface area contributed by atoms with Crippen LogP contribution in [0.1, 0.15) is 32.3 Å². The van der Waals surface area contributed by atoms with Gasteiger partial charge in [0.15, 0.2) is 5.11 Å². The summed E-state index contributed by atoms with van der Waals surface area (Å²) >= 11 is 5.12. The van der Waals surface area contributed by atoms with Gasteiger partial charge in [-0.05, 0) is 43.3 Å². The zero-order valence-corrected chi connectivity index (χ0v) is 14.8. The number of ether oxygens (including phenoxy) is 1. The van der Waals surface area contributed by atoms with Crippen LogP contribution >= 0.6 is 12.2 Å². The van der Waals surface area contributed by atoms with Crippen molar-refractivity contribution >= 4 is 29.3 Å². The number of nitrogens with zero attached hydrogens (tertiary/aromatic N) is 1. The van der Waals surface area contributed by atoms with Crippen molar-refractivity contribution < 1.29 is 14.3 Å². The maximum absolute atomic E-state index is 12.7. The van der Waals surface area contributed by atoms with Gasteiger partial charge in [-0.15, -0.1) is 0 Å². The number of benzene rings is 1. The summed E-state index contributed by atoms with van der Waals surface area (Å²) in [6.45, 7) is 4.40. The highest BCUT2D eigenvalue weighted by Crippen LogP contribution is 2.29. The molecule has 2 rings (SSSR count). The molecule has 0 radical (unpaired) electrons. The van der Waals surface area contributed by atoms with Crippen LogP contribution in [0.2, 0.25) is 0 Å². The monoisotopic (exact) mass is 350 g/mol. The molecule has 1 atom stereocenters. The van der Waals surface area contributed by atoms with Crippen molar-refractivity contribution in [3.05, 3.63) is 29.8 Å². The number of hydrogen-bond acceptors (Lipinski definition) is 4. The van der Waals surface area contributed by atoms with E-state index >= 15 is 0 Å². The summed E-state index contributed by atoms with van der Waals surface area (Å²) < 4.78 is 5.11. The third-order valence-electron chi connectivity index (χ3n) is 3.89. The molecule has 1 heterocycles. The highest BCUT2D eigenvalue weighted by atomic mass is 32.1. The Bertz CT molecular complexity index is 635. The zero-order chi connectivity index (χ0) is 17.7. The van der Waals surface area contributed by atoms with Gasteiger partial charge < -0.3 is 15.4 Å². The van der Waals surface area contributed by atoms with E-state index in [0.29, 0.717) is 17.9 Å². The van der Waals surface area contributed by atoms with Gasteiger partial charge in [-0.2, -0.15) is 5.01 Å². The van der Waals surface area contributed by atoms with E-state index in [1.807, 2.05) is 0 Å². The standard InChI is InChI=1S/C16H22N4O3S/c1-4-5-10-17-14(24)19-20-13(21)16(2,18-15(20)22)11-6-8-12(23-3)9-7-11/h6-9H,4-5,10H2,1-3H3,(H,18,22)(H2,17,19,24)/t16-/m0/s1. The molecule has 3 N–H and O–H groups in total. The molecule has 0 unspecified atom stereocenters. The highest BCUT2D eigenvalue weighted by molar-refractivity contribution is 7.80. The second-order valence-electron chi connectivity index (χ2n) is 5.65. The van der Waals surface area contributed by atoms with E-state index in [4.69, 9.17) is 17.0 Å². The third kappa shape index (κ3) is 3.59. The molecule has 0 saturated carbocycles. The number of rotatable bonds is 6. The zero-order valence-electron chi connectivity index (χ0n) is 14.0. The Morgan fingerprint density at radius 3 is 2.58 bits per heavy atom. The van der Waals surface area contributed by atoms with E-state index < -0.39 is 17.5 Å². The molecule has 130 valence electrons. The predicted octanol–water partition coefficient (Wildman–Crippen LogP) is 1.64. The second-order valence-corrected chi connectivity index (χ2v) is 6.05. The van der Waals surface area contributed by atoms with Crippen LogP contribution in [0.15, 0.2) is 24.3 Å². The number of methoxy groups -OCH3 is 1. The molecule has 1 aliphatic heterocycles. The number of nitrogens with one attached hydrogen (secondary N) is 3. The summed E-state index contributed by atoms with van der Waals surface area (Å²) in [5.41, 5.74) is 2.16. The van der Waals surface area contributed by atoms with Crippen molar-refractivity contribution in [2.45, 2.75) is 32.2 Å². The Labute approximate surface area is 146 Å². The molecule has 0 aromatic heterocycles. The van der Waals surface area contributed by atoms with Crippen molar-refractivity contribution in [2.75, 3.05) is 13.7 Å². The smallest absolute Gasteiger partial charge is 0.344 e. The number of carbonyl (C=O) groups excluding carboxylic acids is 2. The third-order valence-corrected chi connectivity index (χ3v) is 4.12. The molecular weight excluding hydrogens is 328 g/mol. The minimum Gasteiger partial charge on any atom is -0.497 e. The molecular formula is C16H22N4O3S. The van der Waals surface area contributed by atoms with E-state index in [1.165, 1.54) is 0 Å². The fraction of sp³-hybridized carbons (Fsp3) is 0.438. The van der Waals surface area contributed by atoms with Crippen LogP contribution in [0.4, 0.5) is 4.79 Å². The van der Waals surface area contributed by atoms with Crippen LogP contribution in [0.5, 0.6) is 5.75 Å². The normalized spacial score (nSPS) is 19.9. The lowest BCUT2D eigenvalue weighted by molar-refractivity contribution is -0.132. The molecule has 1 aromatic carbocycles. The van der Waals surface area contributed by atoms with E-state index in [1.54, 1.807) is 38.3 Å². The number of urea groups is 1. The molecule has 1 fully saturated rings. The van der Waals surface area contributed by atoms with Gasteiger partial charge in [-0.3, -0.25) is 10.2 Å². The largest absolute Gasteiger partial charge is 0.497 e. The Hall–Kier alpha value is -2.35. The van der Waals surface area contributed by atoms with Gasteiger partial charge in [0.2, 0.25) is 0 Å². The van der Waals surface area contributed by atoms with Gasteiger partial charge in [0.25, 0.3) is 5.91 Å². The second kappa shape index (κ2) is 7.48. The van der Waals surface area contributed by atoms with Gasteiger partial charge in [-0.25, -0.2) is 4.79 Å². The minimum absolute atomic E-state index is 0.242. The van der Waals surface area contributed by atoms with E-state index in [9.17, 15) is 9.59 Å². The summed E-state index contributed by atoms with van der Waals surface area (Å²) in [4.78, 5) is 24.9. The van der Waals surface area contributed by atoms with E-state index in [-0.39, 0.29) is 5.11 Å². The van der Waals surface area contributed by atoms with Gasteiger partial charge in [-0.1, -0.05) is 25.5 Å². The first-order valence-electron chi connectivity index (χ1n) is 7.78. The van der Waals surface area contributed by atoms with Gasteiger partial charge in [0.1, 0.15) is 11.3 Å². The molecule has 1 aliphatic rings. The summed E-state index contributed by atoms with van der Waals surface area (Å²) in [6, 6.07) is 6.44. The van der Waals surface area contributed by atoms with Gasteiger partial charge in [0.05, 0.1) is 7.11 Å². The fourth-order valence-electron chi connectivity index (χ4n) is 2.38. The number of hydrogen-bond donors (Lipinski definition) is 3. The van der Waals surface area contributed by atoms with Crippen LogP contribution in [-0.4, -0.2) is 35.7 Å². The topological polar surface area (TPSA) is 82.7 Å². The number of hydrazine groups is 1. The Kier molecular flexibility index (Phi) is 5.61. The van der Waals surface area contributed by atoms with Crippen molar-refractivity contribution in [3.8, 4) is 5.75 Å². The number of imide groups is 1.